The van der Waals surface area contributed by atoms with Gasteiger partial charge < -0.3 is 26.2 Å². The van der Waals surface area contributed by atoms with Crippen LogP contribution in [0.4, 0.5) is 4.79 Å². The van der Waals surface area contributed by atoms with Gasteiger partial charge in [-0.3, -0.25) is 5.50 Å². The van der Waals surface area contributed by atoms with Crippen LogP contribution in [-0.4, -0.2) is 28.4 Å². The molecule has 0 aromatic rings. The third kappa shape index (κ3) is 7.16. The van der Waals surface area contributed by atoms with Crippen LogP contribution >= 0.6 is 8.53 Å². The van der Waals surface area contributed by atoms with Crippen molar-refractivity contribution in [3.63, 3.8) is 0 Å². The summed E-state index contributed by atoms with van der Waals surface area (Å²) in [6.45, 7) is 0.369. The first-order valence-electron chi connectivity index (χ1n) is 2.81. The largest absolute Gasteiger partial charge is 0.369 e. The van der Waals surface area contributed by atoms with E-state index in [1.165, 1.54) is 0 Å². The number of amides is 2. The van der Waals surface area contributed by atoms with Gasteiger partial charge in [-0.15, -0.1) is 0 Å². The van der Waals surface area contributed by atoms with Crippen LogP contribution < -0.4 is 21.9 Å². The number of hydrogen-bond donors (Lipinski definition) is 6. The van der Waals surface area contributed by atoms with Crippen LogP contribution in [0.3, 0.4) is 0 Å². The van der Waals surface area contributed by atoms with Crippen LogP contribution in [0.2, 0.25) is 0 Å². The molecular formula is C3H10N5O3P. The summed E-state index contributed by atoms with van der Waals surface area (Å²) in [5, 5.41) is 5.00. The van der Waals surface area contributed by atoms with Gasteiger partial charge in [-0.05, 0) is 0 Å². The van der Waals surface area contributed by atoms with Gasteiger partial charge in [-0.1, -0.05) is 0 Å². The minimum absolute atomic E-state index is 0.175. The Balaban J connectivity index is 0.000000261. The first-order chi connectivity index (χ1) is 5.52. The van der Waals surface area contributed by atoms with Crippen molar-refractivity contribution in [3.05, 3.63) is 0 Å². The predicted octanol–water partition coefficient (Wildman–Crippen LogP) is -2.27. The number of hydrogen-bond acceptors (Lipinski definition) is 6. The van der Waals surface area contributed by atoms with E-state index in [2.05, 4.69) is 21.1 Å². The summed E-state index contributed by atoms with van der Waals surface area (Å²) in [5.41, 5.74) is 9.39. The van der Waals surface area contributed by atoms with E-state index in [1.54, 1.807) is 0 Å². The van der Waals surface area contributed by atoms with E-state index in [4.69, 9.17) is 15.5 Å². The zero-order valence-corrected chi connectivity index (χ0v) is 6.95. The summed E-state index contributed by atoms with van der Waals surface area (Å²) in [6.07, 6.45) is 0. The summed E-state index contributed by atoms with van der Waals surface area (Å²) < 4.78 is 0. The lowest BCUT2D eigenvalue weighted by molar-refractivity contribution is 0.247. The van der Waals surface area contributed by atoms with E-state index in [1.807, 2.05) is 0 Å². The molecule has 70 valence electrons. The molecule has 1 aliphatic heterocycles. The maximum Gasteiger partial charge on any atom is 0.345 e. The molecule has 8 N–H and O–H groups in total. The van der Waals surface area contributed by atoms with Crippen molar-refractivity contribution in [2.75, 3.05) is 6.67 Å². The SMILES string of the molecule is NC1=NC(=O)NCN1.NP(O)O. The van der Waals surface area contributed by atoms with Crippen molar-refractivity contribution < 1.29 is 14.6 Å². The summed E-state index contributed by atoms with van der Waals surface area (Å²) >= 11 is 0. The lowest BCUT2D eigenvalue weighted by Gasteiger charge is -2.09. The molecule has 0 aromatic heterocycles. The number of nitrogens with one attached hydrogen (secondary N) is 2. The van der Waals surface area contributed by atoms with Gasteiger partial charge in [-0.25, -0.2) is 4.79 Å². The zero-order chi connectivity index (χ0) is 9.56. The molecule has 1 rings (SSSR count). The lowest BCUT2D eigenvalue weighted by atomic mass is 10.8. The molecule has 2 amide bonds. The van der Waals surface area contributed by atoms with Gasteiger partial charge in [0.2, 0.25) is 8.53 Å². The quantitative estimate of drug-likeness (QED) is 0.240. The molecular weight excluding hydrogens is 185 g/mol. The molecule has 12 heavy (non-hydrogen) atoms. The molecule has 0 fully saturated rings. The molecule has 0 radical (unpaired) electrons. The van der Waals surface area contributed by atoms with Crippen LogP contribution in [0, 0.1) is 0 Å². The van der Waals surface area contributed by atoms with Gasteiger partial charge in [0.15, 0.2) is 5.96 Å². The van der Waals surface area contributed by atoms with Gasteiger partial charge >= 0.3 is 6.03 Å². The Labute approximate surface area is 69.6 Å². The van der Waals surface area contributed by atoms with Gasteiger partial charge in [0, 0.05) is 0 Å². The molecule has 0 aliphatic carbocycles. The highest BCUT2D eigenvalue weighted by Gasteiger charge is 2.03. The minimum Gasteiger partial charge on any atom is -0.369 e. The van der Waals surface area contributed by atoms with Gasteiger partial charge in [0.25, 0.3) is 0 Å². The summed E-state index contributed by atoms with van der Waals surface area (Å²) in [4.78, 5) is 28.5. The molecule has 9 heteroatoms. The van der Waals surface area contributed by atoms with Crippen molar-refractivity contribution >= 4 is 20.5 Å². The monoisotopic (exact) mass is 195 g/mol. The van der Waals surface area contributed by atoms with Crippen LogP contribution in [-0.2, 0) is 0 Å². The fourth-order valence-electron chi connectivity index (χ4n) is 0.399. The molecule has 0 saturated heterocycles. The molecule has 0 aromatic carbocycles. The standard InChI is InChI=1S/C3H6N4O.H4NO2P/c4-2-5-1-6-3(8)7-2;1-4(2)3/h1H2,(H4,4,5,6,7,8);2-3H,1H2. The van der Waals surface area contributed by atoms with Crippen LogP contribution in [0.5, 0.6) is 0 Å². The Morgan fingerprint density at radius 3 is 2.25 bits per heavy atom. The van der Waals surface area contributed by atoms with E-state index in [9.17, 15) is 4.79 Å². The molecule has 0 unspecified atom stereocenters. The molecule has 0 spiro atoms. The number of nitrogens with two attached hydrogens (primary N) is 2. The number of aliphatic imine (C=N–C) groups is 1. The van der Waals surface area contributed by atoms with Crippen LogP contribution in [0.1, 0.15) is 0 Å². The fraction of sp³-hybridized carbons (Fsp3) is 0.333. The minimum atomic E-state index is -2.12. The number of carbonyl (C=O) groups excluding carboxylic acids is 1. The number of rotatable bonds is 0. The van der Waals surface area contributed by atoms with Gasteiger partial charge in [-0.2, -0.15) is 4.99 Å². The Bertz CT molecular complexity index is 180. The number of nitrogens with zero attached hydrogens (tertiary/aromatic N) is 1. The third-order valence-corrected chi connectivity index (χ3v) is 0.731. The summed E-state index contributed by atoms with van der Waals surface area (Å²) in [5.74, 6) is 0.175. The van der Waals surface area contributed by atoms with Crippen LogP contribution in [0.25, 0.3) is 0 Å². The Hall–Kier alpha value is -0.950. The first kappa shape index (κ1) is 11.1. The highest BCUT2D eigenvalue weighted by Crippen LogP contribution is 2.05. The van der Waals surface area contributed by atoms with E-state index < -0.39 is 8.53 Å². The average Bonchev–Trinajstić information content (AvgIpc) is 1.84. The van der Waals surface area contributed by atoms with E-state index in [-0.39, 0.29) is 12.0 Å². The molecule has 8 nitrogen and oxygen atoms in total. The topological polar surface area (TPSA) is 146 Å². The van der Waals surface area contributed by atoms with E-state index in [0.29, 0.717) is 6.67 Å². The average molecular weight is 195 g/mol. The normalized spacial score (nSPS) is 15.3. The maximum atomic E-state index is 10.3. The Kier molecular flexibility index (Phi) is 5.22. The molecule has 1 heterocycles. The number of guanidine groups is 1. The summed E-state index contributed by atoms with van der Waals surface area (Å²) in [6, 6.07) is -0.388. The Morgan fingerprint density at radius 1 is 1.50 bits per heavy atom. The van der Waals surface area contributed by atoms with Crippen molar-refractivity contribution in [2.45, 2.75) is 0 Å². The van der Waals surface area contributed by atoms with Crippen molar-refractivity contribution in [1.29, 1.82) is 0 Å². The third-order valence-electron chi connectivity index (χ3n) is 0.731. The molecule has 0 atom stereocenters. The number of carbonyl (C=O) groups is 1. The van der Waals surface area contributed by atoms with E-state index >= 15 is 0 Å². The fourth-order valence-corrected chi connectivity index (χ4v) is 0.399. The van der Waals surface area contributed by atoms with E-state index in [0.717, 1.165) is 0 Å². The zero-order valence-electron chi connectivity index (χ0n) is 6.06. The molecule has 0 bridgehead atoms. The predicted molar refractivity (Wildman–Crippen MR) is 43.7 cm³/mol. The van der Waals surface area contributed by atoms with Crippen molar-refractivity contribution in [1.82, 2.24) is 10.6 Å². The highest BCUT2D eigenvalue weighted by atomic mass is 31.2. The summed E-state index contributed by atoms with van der Waals surface area (Å²) in [7, 11) is -2.12. The highest BCUT2D eigenvalue weighted by molar-refractivity contribution is 7.42. The maximum absolute atomic E-state index is 10.3. The Morgan fingerprint density at radius 2 is 2.00 bits per heavy atom. The van der Waals surface area contributed by atoms with Gasteiger partial charge in [0.05, 0.1) is 6.67 Å². The molecule has 1 aliphatic rings. The first-order valence-corrected chi connectivity index (χ1v) is 4.12. The smallest absolute Gasteiger partial charge is 0.345 e. The second kappa shape index (κ2) is 5.67. The van der Waals surface area contributed by atoms with Crippen molar-refractivity contribution in [2.24, 2.45) is 16.2 Å². The molecule has 0 saturated carbocycles. The van der Waals surface area contributed by atoms with Crippen LogP contribution in [0.15, 0.2) is 4.99 Å². The second-order valence-corrected chi connectivity index (χ2v) is 2.29. The number of urea groups is 1. The van der Waals surface area contributed by atoms with Gasteiger partial charge in [0.1, 0.15) is 0 Å². The van der Waals surface area contributed by atoms with Crippen molar-refractivity contribution in [3.8, 4) is 0 Å². The second-order valence-electron chi connectivity index (χ2n) is 1.65. The lowest BCUT2D eigenvalue weighted by Crippen LogP contribution is -2.45.